The first-order valence-corrected chi connectivity index (χ1v) is 12.0. The highest BCUT2D eigenvalue weighted by atomic mass is 32.1. The lowest BCUT2D eigenvalue weighted by Gasteiger charge is -2.31. The lowest BCUT2D eigenvalue weighted by Crippen LogP contribution is -2.42. The fraction of sp³-hybridized carbons (Fsp3) is 0.542. The molecule has 1 saturated carbocycles. The quantitative estimate of drug-likeness (QED) is 0.563. The molecule has 1 heterocycles. The molecule has 4 rings (SSSR count). The monoisotopic (exact) mass is 454 g/mol. The van der Waals surface area contributed by atoms with Gasteiger partial charge in [-0.1, -0.05) is 12.1 Å². The molecular formula is C24H34N6OS. The SMILES string of the molecule is COc1ccccc1NC(=S)NC1CCC(Nc2nc3c(c(N(C)C)n2)CCCC3)CC1. The molecule has 0 bridgehead atoms. The number of anilines is 3. The lowest BCUT2D eigenvalue weighted by atomic mass is 9.91. The van der Waals surface area contributed by atoms with Crippen molar-refractivity contribution in [1.82, 2.24) is 15.3 Å². The van der Waals surface area contributed by atoms with Crippen LogP contribution in [-0.4, -0.2) is 48.4 Å². The second kappa shape index (κ2) is 10.3. The molecule has 0 radical (unpaired) electrons. The van der Waals surface area contributed by atoms with Gasteiger partial charge in [0.15, 0.2) is 5.11 Å². The Kier molecular flexibility index (Phi) is 7.29. The van der Waals surface area contributed by atoms with Crippen molar-refractivity contribution >= 4 is 34.8 Å². The average molecular weight is 455 g/mol. The molecule has 1 aromatic carbocycles. The maximum Gasteiger partial charge on any atom is 0.225 e. The van der Waals surface area contributed by atoms with Crippen molar-refractivity contribution in [3.05, 3.63) is 35.5 Å². The molecule has 8 heteroatoms. The number of para-hydroxylation sites is 2. The zero-order chi connectivity index (χ0) is 22.5. The van der Waals surface area contributed by atoms with Crippen molar-refractivity contribution in [2.45, 2.75) is 63.5 Å². The van der Waals surface area contributed by atoms with Crippen molar-refractivity contribution in [3.8, 4) is 5.75 Å². The van der Waals surface area contributed by atoms with E-state index in [1.165, 1.54) is 24.1 Å². The third-order valence-corrected chi connectivity index (χ3v) is 6.56. The molecule has 7 nitrogen and oxygen atoms in total. The Morgan fingerprint density at radius 2 is 1.75 bits per heavy atom. The summed E-state index contributed by atoms with van der Waals surface area (Å²) in [5.74, 6) is 2.63. The predicted octanol–water partition coefficient (Wildman–Crippen LogP) is 4.14. The molecule has 1 aromatic heterocycles. The van der Waals surface area contributed by atoms with E-state index in [2.05, 4.69) is 34.9 Å². The van der Waals surface area contributed by atoms with E-state index in [0.717, 1.165) is 61.7 Å². The van der Waals surface area contributed by atoms with Gasteiger partial charge in [0.25, 0.3) is 0 Å². The fourth-order valence-electron chi connectivity index (χ4n) is 4.67. The van der Waals surface area contributed by atoms with Crippen LogP contribution in [0.1, 0.15) is 49.8 Å². The smallest absolute Gasteiger partial charge is 0.225 e. The largest absolute Gasteiger partial charge is 0.495 e. The zero-order valence-corrected chi connectivity index (χ0v) is 20.1. The van der Waals surface area contributed by atoms with Crippen LogP contribution in [0.15, 0.2) is 24.3 Å². The molecule has 0 amide bonds. The highest BCUT2D eigenvalue weighted by Gasteiger charge is 2.24. The molecular weight excluding hydrogens is 420 g/mol. The van der Waals surface area contributed by atoms with Gasteiger partial charge in [0.05, 0.1) is 18.5 Å². The van der Waals surface area contributed by atoms with Crippen LogP contribution >= 0.6 is 12.2 Å². The van der Waals surface area contributed by atoms with Gasteiger partial charge < -0.3 is 25.6 Å². The fourth-order valence-corrected chi connectivity index (χ4v) is 4.94. The Labute approximate surface area is 196 Å². The molecule has 0 aliphatic heterocycles. The van der Waals surface area contributed by atoms with Gasteiger partial charge in [0, 0.05) is 31.7 Å². The summed E-state index contributed by atoms with van der Waals surface area (Å²) < 4.78 is 5.39. The molecule has 1 fully saturated rings. The summed E-state index contributed by atoms with van der Waals surface area (Å²) in [5, 5.41) is 11.0. The highest BCUT2D eigenvalue weighted by molar-refractivity contribution is 7.80. The van der Waals surface area contributed by atoms with Crippen molar-refractivity contribution in [3.63, 3.8) is 0 Å². The Bertz CT molecular complexity index is 942. The topological polar surface area (TPSA) is 74.3 Å². The second-order valence-corrected chi connectivity index (χ2v) is 9.30. The van der Waals surface area contributed by atoms with Crippen LogP contribution in [0, 0.1) is 0 Å². The summed E-state index contributed by atoms with van der Waals surface area (Å²) in [4.78, 5) is 11.8. The van der Waals surface area contributed by atoms with Crippen LogP contribution in [0.4, 0.5) is 17.5 Å². The lowest BCUT2D eigenvalue weighted by molar-refractivity contribution is 0.387. The number of methoxy groups -OCH3 is 1. The van der Waals surface area contributed by atoms with Crippen LogP contribution in [0.25, 0.3) is 0 Å². The summed E-state index contributed by atoms with van der Waals surface area (Å²) in [5.41, 5.74) is 3.43. The van der Waals surface area contributed by atoms with Crippen LogP contribution < -0.4 is 25.6 Å². The number of ether oxygens (including phenoxy) is 1. The van der Waals surface area contributed by atoms with E-state index in [9.17, 15) is 0 Å². The van der Waals surface area contributed by atoms with Crippen LogP contribution in [0.5, 0.6) is 5.75 Å². The van der Waals surface area contributed by atoms with Crippen LogP contribution in [-0.2, 0) is 12.8 Å². The van der Waals surface area contributed by atoms with Crippen molar-refractivity contribution in [1.29, 1.82) is 0 Å². The van der Waals surface area contributed by atoms with Gasteiger partial charge >= 0.3 is 0 Å². The first-order chi connectivity index (χ1) is 15.5. The number of fused-ring (bicyclic) bond motifs is 1. The Balaban J connectivity index is 1.30. The number of aromatic nitrogens is 2. The van der Waals surface area contributed by atoms with E-state index in [1.54, 1.807) is 7.11 Å². The first kappa shape index (κ1) is 22.6. The number of hydrogen-bond acceptors (Lipinski definition) is 6. The number of benzene rings is 1. The van der Waals surface area contributed by atoms with Crippen molar-refractivity contribution in [2.75, 3.05) is 36.7 Å². The Morgan fingerprint density at radius 3 is 2.50 bits per heavy atom. The maximum absolute atomic E-state index is 5.54. The summed E-state index contributed by atoms with van der Waals surface area (Å²) >= 11 is 5.54. The van der Waals surface area contributed by atoms with Crippen LogP contribution in [0.2, 0.25) is 0 Å². The van der Waals surface area contributed by atoms with Gasteiger partial charge in [-0.25, -0.2) is 4.98 Å². The normalized spacial score (nSPS) is 20.1. The van der Waals surface area contributed by atoms with Gasteiger partial charge in [-0.3, -0.25) is 0 Å². The molecule has 172 valence electrons. The highest BCUT2D eigenvalue weighted by Crippen LogP contribution is 2.29. The maximum atomic E-state index is 5.54. The number of aryl methyl sites for hydroxylation is 1. The molecule has 32 heavy (non-hydrogen) atoms. The summed E-state index contributed by atoms with van der Waals surface area (Å²) in [6, 6.07) is 8.56. The van der Waals surface area contributed by atoms with Crippen molar-refractivity contribution in [2.24, 2.45) is 0 Å². The van der Waals surface area contributed by atoms with Gasteiger partial charge in [-0.15, -0.1) is 0 Å². The van der Waals surface area contributed by atoms with E-state index in [0.29, 0.717) is 17.2 Å². The number of nitrogens with one attached hydrogen (secondary N) is 3. The number of rotatable bonds is 6. The minimum atomic E-state index is 0.365. The van der Waals surface area contributed by atoms with E-state index >= 15 is 0 Å². The average Bonchev–Trinajstić information content (AvgIpc) is 2.80. The third-order valence-electron chi connectivity index (χ3n) is 6.34. The Hall–Kier alpha value is -2.61. The molecule has 3 N–H and O–H groups in total. The minimum absolute atomic E-state index is 0.365. The molecule has 0 saturated heterocycles. The first-order valence-electron chi connectivity index (χ1n) is 11.6. The molecule has 2 aromatic rings. The van der Waals surface area contributed by atoms with E-state index in [-0.39, 0.29) is 0 Å². The van der Waals surface area contributed by atoms with E-state index in [1.807, 2.05) is 24.3 Å². The molecule has 0 atom stereocenters. The standard InChI is InChI=1S/C24H34N6OS/c1-30(2)22-18-8-4-5-9-19(18)27-23(29-22)25-16-12-14-17(15-13-16)26-24(32)28-20-10-6-7-11-21(20)31-3/h6-7,10-11,16-17H,4-5,8-9,12-15H2,1-3H3,(H,25,27,29)(H2,26,28,32). The number of nitrogens with zero attached hydrogens (tertiary/aromatic N) is 3. The van der Waals surface area contributed by atoms with Crippen LogP contribution in [0.3, 0.4) is 0 Å². The second-order valence-electron chi connectivity index (χ2n) is 8.89. The summed E-state index contributed by atoms with van der Waals surface area (Å²) in [7, 11) is 5.80. The minimum Gasteiger partial charge on any atom is -0.495 e. The summed E-state index contributed by atoms with van der Waals surface area (Å²) in [6.07, 6.45) is 8.82. The Morgan fingerprint density at radius 1 is 1.03 bits per heavy atom. The summed E-state index contributed by atoms with van der Waals surface area (Å²) in [6.45, 7) is 0. The van der Waals surface area contributed by atoms with Gasteiger partial charge in [0.2, 0.25) is 5.95 Å². The predicted molar refractivity (Wildman–Crippen MR) is 135 cm³/mol. The molecule has 0 unspecified atom stereocenters. The van der Waals surface area contributed by atoms with Gasteiger partial charge in [-0.05, 0) is 75.7 Å². The van der Waals surface area contributed by atoms with Gasteiger partial charge in [-0.2, -0.15) is 4.98 Å². The number of thiocarbonyl (C=S) groups is 1. The zero-order valence-electron chi connectivity index (χ0n) is 19.3. The number of hydrogen-bond donors (Lipinski definition) is 3. The van der Waals surface area contributed by atoms with Gasteiger partial charge in [0.1, 0.15) is 11.6 Å². The van der Waals surface area contributed by atoms with E-state index in [4.69, 9.17) is 26.9 Å². The molecule has 2 aliphatic carbocycles. The van der Waals surface area contributed by atoms with E-state index < -0.39 is 0 Å². The van der Waals surface area contributed by atoms with Crippen molar-refractivity contribution < 1.29 is 4.74 Å². The third kappa shape index (κ3) is 5.41. The molecule has 2 aliphatic rings. The molecule has 0 spiro atoms.